The topological polar surface area (TPSA) is 63.7 Å². The first-order chi connectivity index (χ1) is 15.8. The van der Waals surface area contributed by atoms with Crippen LogP contribution >= 0.6 is 50.3 Å². The number of nitrogens with zero attached hydrogens (tertiary/aromatic N) is 1. The second kappa shape index (κ2) is 10.2. The summed E-state index contributed by atoms with van der Waals surface area (Å²) in [6, 6.07) is 19.9. The summed E-state index contributed by atoms with van der Waals surface area (Å²) >= 11 is 6.49. The minimum absolute atomic E-state index is 0.201. The molecular weight excluding hydrogens is 617 g/mol. The van der Waals surface area contributed by atoms with Gasteiger partial charge in [-0.3, -0.25) is 14.5 Å². The molecule has 5 nitrogen and oxygen atoms in total. The molecule has 1 heterocycles. The zero-order chi connectivity index (χ0) is 23.5. The molecule has 0 aromatic heterocycles. The van der Waals surface area contributed by atoms with Crippen molar-refractivity contribution in [2.24, 2.45) is 0 Å². The number of thioether (sulfide) groups is 1. The Labute approximate surface area is 217 Å². The summed E-state index contributed by atoms with van der Waals surface area (Å²) in [4.78, 5) is 39.6. The summed E-state index contributed by atoms with van der Waals surface area (Å²) < 4.78 is 7.44. The Bertz CT molecular complexity index is 1270. The first-order valence-electron chi connectivity index (χ1n) is 9.88. The third-order valence-corrected chi connectivity index (χ3v) is 7.00. The molecule has 166 valence electrons. The van der Waals surface area contributed by atoms with Gasteiger partial charge in [-0.1, -0.05) is 45.8 Å². The van der Waals surface area contributed by atoms with Crippen molar-refractivity contribution in [1.29, 1.82) is 0 Å². The summed E-state index contributed by atoms with van der Waals surface area (Å²) in [5.41, 5.74) is 2.85. The number of benzene rings is 3. The maximum atomic E-state index is 13.0. The lowest BCUT2D eigenvalue weighted by atomic mass is 10.1. The Morgan fingerprint density at radius 1 is 1.06 bits per heavy atom. The van der Waals surface area contributed by atoms with Gasteiger partial charge in [0.25, 0.3) is 11.1 Å². The molecule has 33 heavy (non-hydrogen) atoms. The largest absolute Gasteiger partial charge is 0.422 e. The molecule has 1 aliphatic heterocycles. The van der Waals surface area contributed by atoms with Crippen molar-refractivity contribution in [2.75, 3.05) is 0 Å². The Morgan fingerprint density at radius 2 is 1.76 bits per heavy atom. The highest BCUT2D eigenvalue weighted by Gasteiger charge is 2.35. The normalized spacial score (nSPS) is 14.8. The second-order valence-electron chi connectivity index (χ2n) is 7.33. The number of carbonyl (C=O) groups excluding carboxylic acids is 3. The molecule has 0 saturated carbocycles. The van der Waals surface area contributed by atoms with E-state index in [2.05, 4.69) is 38.5 Å². The van der Waals surface area contributed by atoms with Crippen molar-refractivity contribution in [3.8, 4) is 5.75 Å². The van der Waals surface area contributed by atoms with Crippen molar-refractivity contribution in [3.05, 3.63) is 102 Å². The van der Waals surface area contributed by atoms with Crippen molar-refractivity contribution in [3.63, 3.8) is 0 Å². The number of carbonyl (C=O) groups is 3. The molecule has 4 rings (SSSR count). The Morgan fingerprint density at radius 3 is 2.45 bits per heavy atom. The lowest BCUT2D eigenvalue weighted by Crippen LogP contribution is -2.27. The molecule has 3 aromatic rings. The monoisotopic (exact) mass is 633 g/mol. The number of ether oxygens (including phenoxy) is 1. The highest BCUT2D eigenvalue weighted by molar-refractivity contribution is 14.1. The highest BCUT2D eigenvalue weighted by atomic mass is 127. The van der Waals surface area contributed by atoms with Gasteiger partial charge >= 0.3 is 5.97 Å². The molecular formula is C25H17BrINO4S. The van der Waals surface area contributed by atoms with Crippen molar-refractivity contribution in [2.45, 2.75) is 13.5 Å². The van der Waals surface area contributed by atoms with Gasteiger partial charge in [0.05, 0.1) is 17.0 Å². The number of aryl methyl sites for hydroxylation is 1. The van der Waals surface area contributed by atoms with E-state index in [1.807, 2.05) is 43.3 Å². The molecule has 0 atom stereocenters. The second-order valence-corrected chi connectivity index (χ2v) is 10.5. The molecule has 1 fully saturated rings. The first-order valence-corrected chi connectivity index (χ1v) is 12.6. The zero-order valence-electron chi connectivity index (χ0n) is 17.4. The quantitative estimate of drug-likeness (QED) is 0.134. The van der Waals surface area contributed by atoms with Crippen LogP contribution in [0.15, 0.2) is 76.1 Å². The zero-order valence-corrected chi connectivity index (χ0v) is 21.9. The van der Waals surface area contributed by atoms with Crippen LogP contribution in [0.5, 0.6) is 5.75 Å². The standard InChI is InChI=1S/C25H17BrINO4S/c1-15-2-6-17(7-3-15)24(30)32-21-11-8-19(26)12-18(21)13-22-23(29)28(25(31)33-22)14-16-4-9-20(27)10-5-16/h2-13H,14H2,1H3/b22-13-. The van der Waals surface area contributed by atoms with E-state index in [-0.39, 0.29) is 22.6 Å². The lowest BCUT2D eigenvalue weighted by Gasteiger charge is -2.12. The van der Waals surface area contributed by atoms with E-state index in [1.165, 1.54) is 4.90 Å². The minimum Gasteiger partial charge on any atom is -0.422 e. The van der Waals surface area contributed by atoms with Gasteiger partial charge in [-0.05, 0) is 95.4 Å². The summed E-state index contributed by atoms with van der Waals surface area (Å²) in [5.74, 6) is -0.577. The van der Waals surface area contributed by atoms with Gasteiger partial charge in [-0.25, -0.2) is 4.79 Å². The summed E-state index contributed by atoms with van der Waals surface area (Å²) in [7, 11) is 0. The van der Waals surface area contributed by atoms with Crippen LogP contribution in [0.3, 0.4) is 0 Å². The fourth-order valence-corrected chi connectivity index (χ4v) is 4.69. The Balaban J connectivity index is 1.58. The number of halogens is 2. The van der Waals surface area contributed by atoms with E-state index in [0.29, 0.717) is 16.9 Å². The van der Waals surface area contributed by atoms with Gasteiger partial charge in [0.15, 0.2) is 0 Å². The van der Waals surface area contributed by atoms with Crippen molar-refractivity contribution < 1.29 is 19.1 Å². The predicted molar refractivity (Wildman–Crippen MR) is 141 cm³/mol. The molecule has 0 radical (unpaired) electrons. The van der Waals surface area contributed by atoms with Gasteiger partial charge in [0.2, 0.25) is 0 Å². The Kier molecular flexibility index (Phi) is 7.35. The van der Waals surface area contributed by atoms with Gasteiger partial charge in [-0.15, -0.1) is 0 Å². The van der Waals surface area contributed by atoms with E-state index in [0.717, 1.165) is 30.9 Å². The molecule has 0 spiro atoms. The smallest absolute Gasteiger partial charge is 0.343 e. The average molecular weight is 634 g/mol. The highest BCUT2D eigenvalue weighted by Crippen LogP contribution is 2.36. The van der Waals surface area contributed by atoms with Crippen molar-refractivity contribution in [1.82, 2.24) is 4.90 Å². The number of rotatable bonds is 5. The van der Waals surface area contributed by atoms with Crippen LogP contribution in [-0.2, 0) is 11.3 Å². The fraction of sp³-hybridized carbons (Fsp3) is 0.0800. The lowest BCUT2D eigenvalue weighted by molar-refractivity contribution is -0.123. The molecule has 3 aromatic carbocycles. The number of hydrogen-bond acceptors (Lipinski definition) is 5. The SMILES string of the molecule is Cc1ccc(C(=O)Oc2ccc(Br)cc2/C=C2\SC(=O)N(Cc3ccc(I)cc3)C2=O)cc1. The number of amides is 2. The van der Waals surface area contributed by atoms with E-state index in [9.17, 15) is 14.4 Å². The number of hydrogen-bond donors (Lipinski definition) is 0. The molecule has 1 aliphatic rings. The van der Waals surface area contributed by atoms with Gasteiger partial charge in [0.1, 0.15) is 5.75 Å². The maximum absolute atomic E-state index is 13.0. The van der Waals surface area contributed by atoms with E-state index in [4.69, 9.17) is 4.74 Å². The van der Waals surface area contributed by atoms with Crippen LogP contribution in [0.4, 0.5) is 4.79 Å². The van der Waals surface area contributed by atoms with Crippen LogP contribution < -0.4 is 4.74 Å². The first kappa shape index (κ1) is 23.7. The van der Waals surface area contributed by atoms with Gasteiger partial charge in [0, 0.05) is 13.6 Å². The molecule has 0 bridgehead atoms. The third-order valence-electron chi connectivity index (χ3n) is 4.88. The van der Waals surface area contributed by atoms with Crippen LogP contribution in [-0.4, -0.2) is 22.0 Å². The molecule has 0 N–H and O–H groups in total. The summed E-state index contributed by atoms with van der Waals surface area (Å²) in [5, 5.41) is -0.335. The van der Waals surface area contributed by atoms with E-state index < -0.39 is 5.97 Å². The van der Waals surface area contributed by atoms with Crippen LogP contribution in [0, 0.1) is 10.5 Å². The van der Waals surface area contributed by atoms with Crippen LogP contribution in [0.25, 0.3) is 6.08 Å². The van der Waals surface area contributed by atoms with E-state index >= 15 is 0 Å². The molecule has 0 aliphatic carbocycles. The molecule has 8 heteroatoms. The minimum atomic E-state index is -0.501. The van der Waals surface area contributed by atoms with Crippen LogP contribution in [0.1, 0.15) is 27.0 Å². The van der Waals surface area contributed by atoms with Gasteiger partial charge in [-0.2, -0.15) is 0 Å². The molecule has 1 saturated heterocycles. The fourth-order valence-electron chi connectivity index (χ4n) is 3.12. The predicted octanol–water partition coefficient (Wildman–Crippen LogP) is 6.82. The van der Waals surface area contributed by atoms with Crippen molar-refractivity contribution >= 4 is 73.5 Å². The third kappa shape index (κ3) is 5.74. The Hall–Kier alpha value is -2.43. The molecule has 0 unspecified atom stereocenters. The number of esters is 1. The summed E-state index contributed by atoms with van der Waals surface area (Å²) in [6.07, 6.45) is 1.58. The molecule has 2 amide bonds. The summed E-state index contributed by atoms with van der Waals surface area (Å²) in [6.45, 7) is 2.14. The number of imide groups is 1. The average Bonchev–Trinajstić information content (AvgIpc) is 3.05. The van der Waals surface area contributed by atoms with Gasteiger partial charge < -0.3 is 4.74 Å². The van der Waals surface area contributed by atoms with E-state index in [1.54, 1.807) is 36.4 Å². The van der Waals surface area contributed by atoms with Crippen LogP contribution in [0.2, 0.25) is 0 Å². The maximum Gasteiger partial charge on any atom is 0.343 e.